The zero-order valence-corrected chi connectivity index (χ0v) is 26.0. The zero-order chi connectivity index (χ0) is 29.0. The number of anilines is 3. The zero-order valence-electron chi connectivity index (χ0n) is 24.3. The van der Waals surface area contributed by atoms with Gasteiger partial charge in [-0.3, -0.25) is 0 Å². The summed E-state index contributed by atoms with van der Waals surface area (Å²) in [5, 5.41) is 8.16. The molecule has 0 N–H and O–H groups in total. The average Bonchev–Trinajstić information content (AvgIpc) is 3.44. The van der Waals surface area contributed by atoms with Gasteiger partial charge >= 0.3 is 253 Å². The summed E-state index contributed by atoms with van der Waals surface area (Å²) in [5.74, 6) is 0. The molecule has 0 fully saturated rings. The molecule has 206 valence electrons. The van der Waals surface area contributed by atoms with Crippen molar-refractivity contribution in [3.63, 3.8) is 0 Å². The van der Waals surface area contributed by atoms with Crippen molar-refractivity contribution in [2.45, 2.75) is 19.3 Å². The van der Waals surface area contributed by atoms with E-state index >= 15 is 0 Å². The molecule has 43 heavy (non-hydrogen) atoms. The van der Waals surface area contributed by atoms with Gasteiger partial charge in [0.1, 0.15) is 0 Å². The summed E-state index contributed by atoms with van der Waals surface area (Å²) < 4.78 is 2.96. The summed E-state index contributed by atoms with van der Waals surface area (Å²) in [7, 11) is 0. The Balaban J connectivity index is 1.32. The van der Waals surface area contributed by atoms with Crippen LogP contribution in [0.3, 0.4) is 0 Å². The van der Waals surface area contributed by atoms with E-state index in [-0.39, 0.29) is 19.9 Å². The standard InChI is InChI=1S/C41H31NSe/c1-41(2,30-13-5-3-6-14-30)31-15-11-18-33(26-31)42(32-16-7-4-8-17-32)34-23-25-38-37(27-34)36-24-22-29-21-20-28-12-9-10-19-35(28)39(29)40(36)43-38/h3-27H,1-2H3. The third-order valence-corrected chi connectivity index (χ3v) is 11.4. The first-order chi connectivity index (χ1) is 21.1. The van der Waals surface area contributed by atoms with Gasteiger partial charge in [-0.2, -0.15) is 0 Å². The quantitative estimate of drug-likeness (QED) is 0.137. The number of para-hydroxylation sites is 1. The van der Waals surface area contributed by atoms with Gasteiger partial charge in [0.05, 0.1) is 0 Å². The van der Waals surface area contributed by atoms with Crippen LogP contribution in [0.1, 0.15) is 25.0 Å². The fourth-order valence-corrected chi connectivity index (χ4v) is 9.16. The van der Waals surface area contributed by atoms with Crippen LogP contribution >= 0.6 is 0 Å². The predicted molar refractivity (Wildman–Crippen MR) is 187 cm³/mol. The molecule has 0 atom stereocenters. The predicted octanol–water partition coefficient (Wildman–Crippen LogP) is 11.2. The second kappa shape index (κ2) is 10.3. The van der Waals surface area contributed by atoms with E-state index in [9.17, 15) is 0 Å². The summed E-state index contributed by atoms with van der Waals surface area (Å²) in [6.07, 6.45) is 0. The molecule has 8 rings (SSSR count). The molecule has 0 aliphatic carbocycles. The van der Waals surface area contributed by atoms with E-state index in [1.165, 1.54) is 63.3 Å². The molecular weight excluding hydrogens is 585 g/mol. The Bertz CT molecular complexity index is 2260. The van der Waals surface area contributed by atoms with Crippen molar-refractivity contribution in [2.75, 3.05) is 4.90 Å². The summed E-state index contributed by atoms with van der Waals surface area (Å²) in [5.41, 5.74) is 6.00. The van der Waals surface area contributed by atoms with Gasteiger partial charge in [0.2, 0.25) is 0 Å². The first kappa shape index (κ1) is 26.0. The molecule has 1 nitrogen and oxygen atoms in total. The maximum atomic E-state index is 2.42. The molecule has 7 aromatic carbocycles. The topological polar surface area (TPSA) is 3.24 Å². The van der Waals surface area contributed by atoms with E-state index in [1.54, 1.807) is 0 Å². The molecular formula is C41H31NSe. The van der Waals surface area contributed by atoms with Crippen LogP contribution in [0, 0.1) is 0 Å². The molecule has 0 aliphatic rings. The molecule has 0 aliphatic heterocycles. The van der Waals surface area contributed by atoms with Crippen LogP contribution in [-0.4, -0.2) is 14.5 Å². The Labute approximate surface area is 258 Å². The van der Waals surface area contributed by atoms with Crippen LogP contribution in [0.5, 0.6) is 0 Å². The van der Waals surface area contributed by atoms with E-state index in [0.717, 1.165) is 5.69 Å². The Kier molecular flexibility index (Phi) is 6.22. The Morgan fingerprint density at radius 3 is 1.95 bits per heavy atom. The number of benzene rings is 7. The van der Waals surface area contributed by atoms with Gasteiger partial charge in [0.25, 0.3) is 0 Å². The third kappa shape index (κ3) is 4.38. The molecule has 1 heterocycles. The van der Waals surface area contributed by atoms with Crippen molar-refractivity contribution >= 4 is 72.4 Å². The van der Waals surface area contributed by atoms with Crippen LogP contribution in [0.4, 0.5) is 17.1 Å². The second-order valence-electron chi connectivity index (χ2n) is 11.8. The number of hydrogen-bond acceptors (Lipinski definition) is 1. The Morgan fingerprint density at radius 1 is 0.465 bits per heavy atom. The van der Waals surface area contributed by atoms with Gasteiger partial charge in [-0.1, -0.05) is 6.07 Å². The fraction of sp³-hybridized carbons (Fsp3) is 0.0732. The van der Waals surface area contributed by atoms with Crippen molar-refractivity contribution in [2.24, 2.45) is 0 Å². The molecule has 8 aromatic rings. The van der Waals surface area contributed by atoms with Crippen LogP contribution < -0.4 is 4.90 Å². The van der Waals surface area contributed by atoms with Crippen LogP contribution in [0.15, 0.2) is 152 Å². The van der Waals surface area contributed by atoms with Gasteiger partial charge < -0.3 is 0 Å². The van der Waals surface area contributed by atoms with E-state index in [2.05, 4.69) is 170 Å². The van der Waals surface area contributed by atoms with Gasteiger partial charge in [-0.05, 0) is 0 Å². The molecule has 0 amide bonds. The molecule has 2 heteroatoms. The van der Waals surface area contributed by atoms with E-state index in [4.69, 9.17) is 0 Å². The number of hydrogen-bond donors (Lipinski definition) is 0. The minimum atomic E-state index is -0.122. The number of rotatable bonds is 5. The SMILES string of the molecule is CC(C)(c1ccccc1)c1cccc(N(c2ccccc2)c2ccc3[se]c4c(ccc5ccc6ccccc6c54)c3c2)c1. The van der Waals surface area contributed by atoms with Crippen molar-refractivity contribution in [3.05, 3.63) is 163 Å². The van der Waals surface area contributed by atoms with Crippen LogP contribution in [0.2, 0.25) is 0 Å². The number of nitrogens with zero attached hydrogens (tertiary/aromatic N) is 1. The summed E-state index contributed by atoms with van der Waals surface area (Å²) in [6, 6.07) is 55.7. The van der Waals surface area contributed by atoms with Gasteiger partial charge in [-0.25, -0.2) is 0 Å². The first-order valence-corrected chi connectivity index (χ1v) is 16.6. The minimum absolute atomic E-state index is 0.122. The molecule has 0 bridgehead atoms. The van der Waals surface area contributed by atoms with Crippen LogP contribution in [0.25, 0.3) is 40.8 Å². The maximum absolute atomic E-state index is 2.42. The van der Waals surface area contributed by atoms with Gasteiger partial charge in [0, 0.05) is 0 Å². The normalized spacial score (nSPS) is 12.0. The summed E-state index contributed by atoms with van der Waals surface area (Å²) in [4.78, 5) is 2.41. The van der Waals surface area contributed by atoms with Crippen molar-refractivity contribution in [3.8, 4) is 0 Å². The molecule has 0 spiro atoms. The van der Waals surface area contributed by atoms with Gasteiger partial charge in [0.15, 0.2) is 0 Å². The monoisotopic (exact) mass is 617 g/mol. The molecule has 0 radical (unpaired) electrons. The van der Waals surface area contributed by atoms with Crippen molar-refractivity contribution in [1.29, 1.82) is 0 Å². The second-order valence-corrected chi connectivity index (χ2v) is 14.0. The molecule has 1 aromatic heterocycles. The van der Waals surface area contributed by atoms with E-state index < -0.39 is 0 Å². The van der Waals surface area contributed by atoms with Gasteiger partial charge in [-0.15, -0.1) is 0 Å². The summed E-state index contributed by atoms with van der Waals surface area (Å²) in [6.45, 7) is 4.63. The van der Waals surface area contributed by atoms with Crippen molar-refractivity contribution in [1.82, 2.24) is 0 Å². The Morgan fingerprint density at radius 2 is 1.12 bits per heavy atom. The number of fused-ring (bicyclic) bond motifs is 7. The average molecular weight is 617 g/mol. The summed E-state index contributed by atoms with van der Waals surface area (Å²) >= 11 is 0.254. The molecule has 0 saturated heterocycles. The van der Waals surface area contributed by atoms with E-state index in [1.807, 2.05) is 0 Å². The fourth-order valence-electron chi connectivity index (χ4n) is 6.53. The van der Waals surface area contributed by atoms with Crippen molar-refractivity contribution < 1.29 is 0 Å². The molecule has 0 saturated carbocycles. The third-order valence-electron chi connectivity index (χ3n) is 8.92. The first-order valence-electron chi connectivity index (χ1n) is 14.9. The van der Waals surface area contributed by atoms with E-state index in [0.29, 0.717) is 0 Å². The van der Waals surface area contributed by atoms with Crippen LogP contribution in [-0.2, 0) is 5.41 Å². The Hall–Kier alpha value is -4.62. The molecule has 0 unspecified atom stereocenters.